The molecule has 0 radical (unpaired) electrons. The highest BCUT2D eigenvalue weighted by Gasteiger charge is 2.62. The normalized spacial score (nSPS) is 33.9. The summed E-state index contributed by atoms with van der Waals surface area (Å²) >= 11 is 13.1. The second kappa shape index (κ2) is 11.1. The summed E-state index contributed by atoms with van der Waals surface area (Å²) in [4.78, 5) is 12.4. The number of carbonyl (C=O) groups is 1. The van der Waals surface area contributed by atoms with Gasteiger partial charge in [0.05, 0.1) is 35.5 Å². The molecule has 2 aromatic rings. The van der Waals surface area contributed by atoms with Gasteiger partial charge >= 0.3 is 5.97 Å². The fourth-order valence-electron chi connectivity index (χ4n) is 8.21. The van der Waals surface area contributed by atoms with Gasteiger partial charge in [-0.25, -0.2) is 9.18 Å². The van der Waals surface area contributed by atoms with Gasteiger partial charge in [0.25, 0.3) is 0 Å². The molecule has 5 aliphatic carbocycles. The minimum Gasteiger partial charge on any atom is -0.479 e. The minimum atomic E-state index is -1.13. The van der Waals surface area contributed by atoms with Crippen LogP contribution in [0.15, 0.2) is 46.5 Å². The Labute approximate surface area is 266 Å². The second-order valence-corrected chi connectivity index (χ2v) is 14.4. The van der Waals surface area contributed by atoms with Crippen LogP contribution in [0, 0.1) is 29.6 Å². The number of carbonyl (C=O) groups excluding carboxylic acids is 1. The van der Waals surface area contributed by atoms with E-state index in [1.165, 1.54) is 13.2 Å². The number of hydrogen-bond acceptors (Lipinski definition) is 7. The molecule has 44 heavy (non-hydrogen) atoms. The molecule has 1 N–H and O–H groups in total. The van der Waals surface area contributed by atoms with Crippen LogP contribution < -0.4 is 0 Å². The van der Waals surface area contributed by atoms with Gasteiger partial charge in [-0.05, 0) is 68.1 Å². The standard InChI is InChI=1S/C34H38Cl2FNO6/c1-17-11-20-12-22(42-16-23-30(38-44-31(23)19-7-8-19)29-26(35)5-4-6-27(29)36)15-24(17)34(20,40)25-13-21(37)14-28(18(25)2)43-33(9-10-33)32(39)41-3/h4-6,13-14,17-20,22,24-25,40H,7-12,15-16H2,1-3H3/t17-,18?,20+,22+,24+,25?,34-/m0/s1. The monoisotopic (exact) mass is 645 g/mol. The molecule has 1 heterocycles. The summed E-state index contributed by atoms with van der Waals surface area (Å²) < 4.78 is 38.7. The largest absolute Gasteiger partial charge is 0.479 e. The maximum absolute atomic E-state index is 15.1. The molecule has 1 aromatic carbocycles. The molecular formula is C34H38Cl2FNO6. The zero-order valence-corrected chi connectivity index (χ0v) is 26.7. The predicted molar refractivity (Wildman–Crippen MR) is 162 cm³/mol. The molecule has 0 amide bonds. The molecule has 0 saturated heterocycles. The Morgan fingerprint density at radius 1 is 1.16 bits per heavy atom. The molecule has 0 spiro atoms. The molecule has 1 aromatic heterocycles. The SMILES string of the molecule is COC(=O)C1(OC2=CC(F)=CC([C@]3(O)[C@H]4C[C@@H](OCc5c(-c6c(Cl)cccc6Cl)noc5C5CC5)C[C@@H]3[C@@H](C)C4)C2C)CC1. The third-order valence-electron chi connectivity index (χ3n) is 10.8. The van der Waals surface area contributed by atoms with Crippen molar-refractivity contribution in [2.45, 2.75) is 88.6 Å². The average Bonchev–Trinajstić information content (AvgIpc) is 3.92. The van der Waals surface area contributed by atoms with Gasteiger partial charge in [0.1, 0.15) is 23.0 Å². The van der Waals surface area contributed by atoms with E-state index in [4.69, 9.17) is 41.9 Å². The number of benzene rings is 1. The van der Waals surface area contributed by atoms with E-state index < -0.39 is 28.9 Å². The van der Waals surface area contributed by atoms with Crippen LogP contribution in [0.1, 0.15) is 76.0 Å². The van der Waals surface area contributed by atoms with E-state index in [2.05, 4.69) is 12.1 Å². The Balaban J connectivity index is 1.10. The van der Waals surface area contributed by atoms with Crippen LogP contribution >= 0.6 is 23.2 Å². The quantitative estimate of drug-likeness (QED) is 0.277. The fraction of sp³-hybridized carbons (Fsp3) is 0.588. The third kappa shape index (κ3) is 5.01. The van der Waals surface area contributed by atoms with E-state index in [1.54, 1.807) is 24.3 Å². The van der Waals surface area contributed by atoms with Crippen molar-refractivity contribution in [3.05, 3.63) is 63.3 Å². The van der Waals surface area contributed by atoms with E-state index in [0.29, 0.717) is 65.3 Å². The van der Waals surface area contributed by atoms with Gasteiger partial charge in [-0.15, -0.1) is 0 Å². The summed E-state index contributed by atoms with van der Waals surface area (Å²) in [6.45, 7) is 4.41. The van der Waals surface area contributed by atoms with Crippen LogP contribution in [0.2, 0.25) is 10.0 Å². The van der Waals surface area contributed by atoms with Crippen molar-refractivity contribution in [3.8, 4) is 11.3 Å². The molecule has 0 aliphatic heterocycles. The summed E-state index contributed by atoms with van der Waals surface area (Å²) in [5.41, 5.74) is -0.0500. The Morgan fingerprint density at radius 2 is 1.89 bits per heavy atom. The van der Waals surface area contributed by atoms with Crippen LogP contribution in [0.3, 0.4) is 0 Å². The number of fused-ring (bicyclic) bond motifs is 2. The van der Waals surface area contributed by atoms with Crippen molar-refractivity contribution in [3.63, 3.8) is 0 Å². The molecule has 236 valence electrons. The van der Waals surface area contributed by atoms with Gasteiger partial charge in [0, 0.05) is 47.8 Å². The van der Waals surface area contributed by atoms with Gasteiger partial charge in [-0.2, -0.15) is 0 Å². The van der Waals surface area contributed by atoms with E-state index in [1.807, 2.05) is 6.92 Å². The maximum atomic E-state index is 15.1. The summed E-state index contributed by atoms with van der Waals surface area (Å²) in [6.07, 6.45) is 8.07. The highest BCUT2D eigenvalue weighted by atomic mass is 35.5. The summed E-state index contributed by atoms with van der Waals surface area (Å²) in [5.74, 6) is -0.113. The molecule has 7 nitrogen and oxygen atoms in total. The van der Waals surface area contributed by atoms with Gasteiger partial charge in [0.2, 0.25) is 5.60 Å². The van der Waals surface area contributed by atoms with Crippen LogP contribution in [0.5, 0.6) is 0 Å². The van der Waals surface area contributed by atoms with Crippen molar-refractivity contribution in [1.82, 2.24) is 5.16 Å². The second-order valence-electron chi connectivity index (χ2n) is 13.6. The number of aromatic nitrogens is 1. The fourth-order valence-corrected chi connectivity index (χ4v) is 8.78. The number of rotatable bonds is 9. The highest BCUT2D eigenvalue weighted by molar-refractivity contribution is 6.39. The first-order chi connectivity index (χ1) is 21.1. The molecule has 7 atom stereocenters. The van der Waals surface area contributed by atoms with Gasteiger partial charge in [-0.1, -0.05) is 48.3 Å². The summed E-state index contributed by atoms with van der Waals surface area (Å²) in [7, 11) is 1.33. The number of methoxy groups -OCH3 is 1. The smallest absolute Gasteiger partial charge is 0.350 e. The van der Waals surface area contributed by atoms with E-state index in [0.717, 1.165) is 30.6 Å². The number of halogens is 3. The van der Waals surface area contributed by atoms with E-state index in [9.17, 15) is 9.90 Å². The number of esters is 1. The number of hydrogen-bond donors (Lipinski definition) is 1. The van der Waals surface area contributed by atoms with Gasteiger partial charge in [0.15, 0.2) is 0 Å². The Kier molecular flexibility index (Phi) is 7.67. The lowest BCUT2D eigenvalue weighted by Gasteiger charge is -2.49. The van der Waals surface area contributed by atoms with Crippen molar-refractivity contribution >= 4 is 29.2 Å². The predicted octanol–water partition coefficient (Wildman–Crippen LogP) is 7.93. The molecule has 10 heteroatoms. The number of allylic oxidation sites excluding steroid dienone is 3. The van der Waals surface area contributed by atoms with Crippen molar-refractivity contribution in [1.29, 1.82) is 0 Å². The zero-order chi connectivity index (χ0) is 31.0. The minimum absolute atomic E-state index is 0.0875. The van der Waals surface area contributed by atoms with Crippen molar-refractivity contribution in [2.24, 2.45) is 29.6 Å². The molecule has 2 bridgehead atoms. The lowest BCUT2D eigenvalue weighted by Crippen LogP contribution is -2.54. The molecular weight excluding hydrogens is 608 g/mol. The van der Waals surface area contributed by atoms with Crippen LogP contribution in [-0.4, -0.2) is 40.6 Å². The van der Waals surface area contributed by atoms with Gasteiger partial charge in [-0.3, -0.25) is 0 Å². The van der Waals surface area contributed by atoms with Crippen molar-refractivity contribution < 1.29 is 33.0 Å². The number of ether oxygens (including phenoxy) is 3. The van der Waals surface area contributed by atoms with Crippen LogP contribution in [0.25, 0.3) is 11.3 Å². The average molecular weight is 647 g/mol. The Morgan fingerprint density at radius 3 is 2.52 bits per heavy atom. The number of aliphatic hydroxyl groups is 1. The molecule has 4 fully saturated rings. The van der Waals surface area contributed by atoms with E-state index in [-0.39, 0.29) is 29.8 Å². The highest BCUT2D eigenvalue weighted by Crippen LogP contribution is 2.60. The lowest BCUT2D eigenvalue weighted by atomic mass is 9.61. The van der Waals surface area contributed by atoms with Gasteiger partial charge < -0.3 is 23.8 Å². The molecule has 2 unspecified atom stereocenters. The first-order valence-corrected chi connectivity index (χ1v) is 16.4. The van der Waals surface area contributed by atoms with Crippen molar-refractivity contribution in [2.75, 3.05) is 7.11 Å². The summed E-state index contributed by atoms with van der Waals surface area (Å²) in [6, 6.07) is 5.37. The number of nitrogens with zero attached hydrogens (tertiary/aromatic N) is 1. The Hall–Kier alpha value is -2.39. The van der Waals surface area contributed by atoms with Crippen LogP contribution in [0.4, 0.5) is 4.39 Å². The molecule has 5 aliphatic rings. The maximum Gasteiger partial charge on any atom is 0.350 e. The first kappa shape index (κ1) is 30.3. The van der Waals surface area contributed by atoms with E-state index >= 15 is 4.39 Å². The molecule has 4 saturated carbocycles. The lowest BCUT2D eigenvalue weighted by molar-refractivity contribution is -0.158. The topological polar surface area (TPSA) is 91.0 Å². The zero-order valence-electron chi connectivity index (χ0n) is 25.2. The summed E-state index contributed by atoms with van der Waals surface area (Å²) in [5, 5.41) is 17.9. The van der Waals surface area contributed by atoms with Crippen LogP contribution in [-0.2, 0) is 25.6 Å². The Bertz CT molecular complexity index is 1510. The molecule has 7 rings (SSSR count). The first-order valence-electron chi connectivity index (χ1n) is 15.7. The third-order valence-corrected chi connectivity index (χ3v) is 11.4.